The third-order valence-electron chi connectivity index (χ3n) is 2.49. The fourth-order valence-electron chi connectivity index (χ4n) is 1.56. The summed E-state index contributed by atoms with van der Waals surface area (Å²) in [5, 5.41) is 11.4. The van der Waals surface area contributed by atoms with E-state index in [0.29, 0.717) is 0 Å². The van der Waals surface area contributed by atoms with Crippen molar-refractivity contribution in [1.82, 2.24) is 4.98 Å². The van der Waals surface area contributed by atoms with Crippen molar-refractivity contribution in [3.05, 3.63) is 52.4 Å². The average Bonchev–Trinajstić information content (AvgIpc) is 2.41. The zero-order chi connectivity index (χ0) is 14.7. The van der Waals surface area contributed by atoms with Gasteiger partial charge in [0.15, 0.2) is 0 Å². The average molecular weight is 291 g/mol. The van der Waals surface area contributed by atoms with Crippen LogP contribution >= 0.6 is 11.6 Å². The monoisotopic (exact) mass is 290 g/mol. The van der Waals surface area contributed by atoms with E-state index in [1.54, 1.807) is 6.07 Å². The predicted molar refractivity (Wildman–Crippen MR) is 72.7 cm³/mol. The van der Waals surface area contributed by atoms with Crippen LogP contribution in [-0.4, -0.2) is 10.9 Å². The first kappa shape index (κ1) is 13.8. The Balaban J connectivity index is 2.36. The molecule has 0 aliphatic carbocycles. The summed E-state index contributed by atoms with van der Waals surface area (Å²) in [7, 11) is 0. The van der Waals surface area contributed by atoms with E-state index in [2.05, 4.69) is 10.3 Å². The molecule has 20 heavy (non-hydrogen) atoms. The van der Waals surface area contributed by atoms with Crippen molar-refractivity contribution in [2.24, 2.45) is 0 Å². The van der Waals surface area contributed by atoms with E-state index in [-0.39, 0.29) is 27.7 Å². The SMILES string of the molecule is N#Cc1c(F)cccc1NC(=O)c1cc(N)ncc1Cl. The number of carbonyl (C=O) groups excluding carboxylic acids is 1. The van der Waals surface area contributed by atoms with Crippen LogP contribution in [0.1, 0.15) is 15.9 Å². The molecule has 2 aromatic rings. The van der Waals surface area contributed by atoms with E-state index in [1.807, 2.05) is 0 Å². The van der Waals surface area contributed by atoms with Crippen LogP contribution in [0.2, 0.25) is 5.02 Å². The minimum Gasteiger partial charge on any atom is -0.384 e. The van der Waals surface area contributed by atoms with E-state index in [1.165, 1.54) is 24.4 Å². The van der Waals surface area contributed by atoms with Crippen LogP contribution in [0, 0.1) is 17.1 Å². The summed E-state index contributed by atoms with van der Waals surface area (Å²) >= 11 is 5.84. The summed E-state index contributed by atoms with van der Waals surface area (Å²) in [5.74, 6) is -1.20. The third kappa shape index (κ3) is 2.68. The molecule has 1 amide bonds. The molecule has 0 spiro atoms. The van der Waals surface area contributed by atoms with Gasteiger partial charge < -0.3 is 11.1 Å². The molecule has 0 saturated heterocycles. The topological polar surface area (TPSA) is 91.8 Å². The first-order valence-electron chi connectivity index (χ1n) is 5.44. The van der Waals surface area contributed by atoms with E-state index in [9.17, 15) is 9.18 Å². The summed E-state index contributed by atoms with van der Waals surface area (Å²) in [6, 6.07) is 6.91. The zero-order valence-electron chi connectivity index (χ0n) is 10.0. The number of hydrogen-bond donors (Lipinski definition) is 2. The van der Waals surface area contributed by atoms with Gasteiger partial charge in [0.2, 0.25) is 0 Å². The fraction of sp³-hybridized carbons (Fsp3) is 0. The number of benzene rings is 1. The molecule has 0 bridgehead atoms. The molecule has 0 saturated carbocycles. The Morgan fingerprint density at radius 3 is 2.95 bits per heavy atom. The van der Waals surface area contributed by atoms with Crippen LogP contribution in [0.5, 0.6) is 0 Å². The number of hydrogen-bond acceptors (Lipinski definition) is 4. The molecule has 0 unspecified atom stereocenters. The molecule has 2 rings (SSSR count). The molecule has 1 aromatic carbocycles. The Labute approximate surface area is 118 Å². The molecule has 0 aliphatic rings. The molecule has 0 aliphatic heterocycles. The predicted octanol–water partition coefficient (Wildman–Crippen LogP) is 2.58. The second-order valence-corrected chi connectivity index (χ2v) is 4.22. The van der Waals surface area contributed by atoms with Crippen LogP contribution in [0.4, 0.5) is 15.9 Å². The van der Waals surface area contributed by atoms with Gasteiger partial charge in [0, 0.05) is 6.20 Å². The van der Waals surface area contributed by atoms with Gasteiger partial charge in [0.25, 0.3) is 5.91 Å². The molecule has 5 nitrogen and oxygen atoms in total. The Morgan fingerprint density at radius 2 is 2.25 bits per heavy atom. The number of carbonyl (C=O) groups is 1. The van der Waals surface area contributed by atoms with E-state index in [0.717, 1.165) is 6.07 Å². The maximum Gasteiger partial charge on any atom is 0.257 e. The summed E-state index contributed by atoms with van der Waals surface area (Å²) < 4.78 is 13.4. The summed E-state index contributed by atoms with van der Waals surface area (Å²) in [6.07, 6.45) is 1.24. The number of nitrogens with one attached hydrogen (secondary N) is 1. The van der Waals surface area contributed by atoms with E-state index < -0.39 is 11.7 Å². The highest BCUT2D eigenvalue weighted by molar-refractivity contribution is 6.34. The minimum atomic E-state index is -0.717. The third-order valence-corrected chi connectivity index (χ3v) is 2.80. The van der Waals surface area contributed by atoms with Gasteiger partial charge in [-0.05, 0) is 18.2 Å². The molecule has 0 radical (unpaired) electrons. The van der Waals surface area contributed by atoms with Crippen molar-refractivity contribution < 1.29 is 9.18 Å². The molecular formula is C13H8ClFN4O. The van der Waals surface area contributed by atoms with Crippen LogP contribution < -0.4 is 11.1 Å². The van der Waals surface area contributed by atoms with E-state index in [4.69, 9.17) is 22.6 Å². The first-order chi connectivity index (χ1) is 9.52. The fourth-order valence-corrected chi connectivity index (χ4v) is 1.75. The Bertz CT molecular complexity index is 727. The summed E-state index contributed by atoms with van der Waals surface area (Å²) in [4.78, 5) is 15.8. The van der Waals surface area contributed by atoms with Gasteiger partial charge in [-0.2, -0.15) is 5.26 Å². The van der Waals surface area contributed by atoms with Gasteiger partial charge in [-0.3, -0.25) is 4.79 Å². The lowest BCUT2D eigenvalue weighted by molar-refractivity contribution is 0.102. The molecule has 0 atom stereocenters. The highest BCUT2D eigenvalue weighted by atomic mass is 35.5. The highest BCUT2D eigenvalue weighted by Gasteiger charge is 2.15. The number of aromatic nitrogens is 1. The number of rotatable bonds is 2. The number of nitriles is 1. The number of amides is 1. The molecule has 100 valence electrons. The van der Waals surface area contributed by atoms with Crippen LogP contribution in [0.3, 0.4) is 0 Å². The number of nitrogens with zero attached hydrogens (tertiary/aromatic N) is 2. The van der Waals surface area contributed by atoms with Crippen molar-refractivity contribution in [1.29, 1.82) is 5.26 Å². The zero-order valence-corrected chi connectivity index (χ0v) is 10.8. The van der Waals surface area contributed by atoms with Gasteiger partial charge in [-0.25, -0.2) is 9.37 Å². The van der Waals surface area contributed by atoms with Crippen molar-refractivity contribution in [2.45, 2.75) is 0 Å². The molecular weight excluding hydrogens is 283 g/mol. The van der Waals surface area contributed by atoms with Crippen molar-refractivity contribution in [3.63, 3.8) is 0 Å². The second-order valence-electron chi connectivity index (χ2n) is 3.82. The van der Waals surface area contributed by atoms with Gasteiger partial charge in [-0.1, -0.05) is 17.7 Å². The maximum atomic E-state index is 13.4. The van der Waals surface area contributed by atoms with Crippen molar-refractivity contribution in [2.75, 3.05) is 11.1 Å². The number of nitrogen functional groups attached to an aromatic ring is 1. The Morgan fingerprint density at radius 1 is 1.50 bits per heavy atom. The molecule has 1 heterocycles. The number of anilines is 2. The molecule has 3 N–H and O–H groups in total. The second kappa shape index (κ2) is 5.55. The van der Waals surface area contributed by atoms with Crippen molar-refractivity contribution in [3.8, 4) is 6.07 Å². The normalized spacial score (nSPS) is 9.85. The standard InChI is InChI=1S/C13H8ClFN4O/c14-9-6-18-12(17)4-7(9)13(20)19-11-3-1-2-10(15)8(11)5-16/h1-4,6H,(H2,17,18)(H,19,20). The number of halogens is 2. The highest BCUT2D eigenvalue weighted by Crippen LogP contribution is 2.21. The molecule has 7 heteroatoms. The van der Waals surface area contributed by atoms with Crippen LogP contribution in [-0.2, 0) is 0 Å². The minimum absolute atomic E-state index is 0.0592. The number of nitrogens with two attached hydrogens (primary N) is 1. The lowest BCUT2D eigenvalue weighted by Gasteiger charge is -2.08. The van der Waals surface area contributed by atoms with E-state index >= 15 is 0 Å². The lowest BCUT2D eigenvalue weighted by atomic mass is 10.1. The summed E-state index contributed by atoms with van der Waals surface area (Å²) in [6.45, 7) is 0. The van der Waals surface area contributed by atoms with Crippen LogP contribution in [0.25, 0.3) is 0 Å². The lowest BCUT2D eigenvalue weighted by Crippen LogP contribution is -2.14. The van der Waals surface area contributed by atoms with Gasteiger partial charge in [-0.15, -0.1) is 0 Å². The summed E-state index contributed by atoms with van der Waals surface area (Å²) in [5.41, 5.74) is 5.38. The molecule has 1 aromatic heterocycles. The van der Waals surface area contributed by atoms with Gasteiger partial charge in [0.1, 0.15) is 23.3 Å². The van der Waals surface area contributed by atoms with Gasteiger partial charge >= 0.3 is 0 Å². The number of pyridine rings is 1. The smallest absolute Gasteiger partial charge is 0.257 e. The Kier molecular flexibility index (Phi) is 3.82. The largest absolute Gasteiger partial charge is 0.384 e. The van der Waals surface area contributed by atoms with Crippen molar-refractivity contribution >= 4 is 29.0 Å². The quantitative estimate of drug-likeness (QED) is 0.889. The van der Waals surface area contributed by atoms with Gasteiger partial charge in [0.05, 0.1) is 16.3 Å². The molecule has 0 fully saturated rings. The Hall–Kier alpha value is -2.65. The van der Waals surface area contributed by atoms with Crippen LogP contribution in [0.15, 0.2) is 30.5 Å². The maximum absolute atomic E-state index is 13.4. The first-order valence-corrected chi connectivity index (χ1v) is 5.81.